The fourth-order valence-corrected chi connectivity index (χ4v) is 5.60. The fraction of sp³-hybridized carbons (Fsp3) is 0.545. The van der Waals surface area contributed by atoms with Gasteiger partial charge in [-0.25, -0.2) is 0 Å². The lowest BCUT2D eigenvalue weighted by molar-refractivity contribution is -0.136. The third kappa shape index (κ3) is 2.74. The Morgan fingerprint density at radius 3 is 2.53 bits per heavy atom. The van der Waals surface area contributed by atoms with Crippen LogP contribution in [0.4, 0.5) is 0 Å². The van der Waals surface area contributed by atoms with Crippen LogP contribution in [0.2, 0.25) is 0 Å². The zero-order chi connectivity index (χ0) is 21.1. The van der Waals surface area contributed by atoms with Gasteiger partial charge in [-0.3, -0.25) is 29.4 Å². The number of hydrogen-bond acceptors (Lipinski definition) is 6. The lowest BCUT2D eigenvalue weighted by Crippen LogP contribution is -2.54. The lowest BCUT2D eigenvalue weighted by atomic mass is 9.75. The monoisotopic (exact) mass is 410 g/mol. The molecule has 0 bridgehead atoms. The fourth-order valence-electron chi connectivity index (χ4n) is 5.60. The topological polar surface area (TPSA) is 122 Å². The van der Waals surface area contributed by atoms with Gasteiger partial charge < -0.3 is 11.1 Å². The van der Waals surface area contributed by atoms with Crippen molar-refractivity contribution >= 4 is 23.6 Å². The quantitative estimate of drug-likeness (QED) is 0.594. The number of nitrogens with one attached hydrogen (secondary N) is 2. The molecule has 1 spiro atoms. The molecule has 8 nitrogen and oxygen atoms in total. The van der Waals surface area contributed by atoms with Gasteiger partial charge in [0.05, 0.1) is 11.1 Å². The van der Waals surface area contributed by atoms with Crippen molar-refractivity contribution < 1.29 is 19.2 Å². The van der Waals surface area contributed by atoms with Crippen LogP contribution >= 0.6 is 0 Å². The zero-order valence-electron chi connectivity index (χ0n) is 16.8. The van der Waals surface area contributed by atoms with Crippen molar-refractivity contribution in [3.63, 3.8) is 0 Å². The van der Waals surface area contributed by atoms with Crippen LogP contribution in [0.25, 0.3) is 0 Å². The summed E-state index contributed by atoms with van der Waals surface area (Å²) in [6.45, 7) is 2.14. The normalized spacial score (nSPS) is 29.1. The van der Waals surface area contributed by atoms with Gasteiger partial charge in [-0.05, 0) is 55.3 Å². The number of benzene rings is 1. The number of hydrogen-bond donors (Lipinski definition) is 3. The SMILES string of the molecule is NCC1(CNCc2ccc3c(c2)C(=O)N(C2CCC(=O)NC2=O)C3=O)CC12CCC2. The molecule has 2 aliphatic heterocycles. The number of carbonyl (C=O) groups is 4. The summed E-state index contributed by atoms with van der Waals surface area (Å²) in [4.78, 5) is 50.2. The summed E-state index contributed by atoms with van der Waals surface area (Å²) in [5.74, 6) is -1.92. The number of carbonyl (C=O) groups excluding carboxylic acids is 4. The van der Waals surface area contributed by atoms with Gasteiger partial charge in [-0.2, -0.15) is 0 Å². The highest BCUT2D eigenvalue weighted by atomic mass is 16.2. The molecular weight excluding hydrogens is 384 g/mol. The Bertz CT molecular complexity index is 970. The van der Waals surface area contributed by atoms with E-state index in [1.54, 1.807) is 12.1 Å². The standard InChI is InChI=1S/C22H26N4O4/c23-11-22(10-21(22)6-1-7-21)12-24-9-13-2-3-14-15(8-13)20(30)26(19(14)29)16-4-5-17(27)25-18(16)28/h2-3,8,16,24H,1,4-7,9-12,23H2,(H,25,27,28). The Kier molecular flexibility index (Phi) is 4.34. The van der Waals surface area contributed by atoms with E-state index in [0.29, 0.717) is 29.6 Å². The number of rotatable bonds is 6. The lowest BCUT2D eigenvalue weighted by Gasteiger charge is -2.32. The number of piperidine rings is 1. The molecule has 1 saturated heterocycles. The first kappa shape index (κ1) is 19.4. The van der Waals surface area contributed by atoms with Crippen molar-refractivity contribution in [3.8, 4) is 0 Å². The maximum atomic E-state index is 12.9. The van der Waals surface area contributed by atoms with Crippen molar-refractivity contribution in [2.45, 2.75) is 51.1 Å². The van der Waals surface area contributed by atoms with Gasteiger partial charge in [0, 0.05) is 24.9 Å². The van der Waals surface area contributed by atoms with E-state index >= 15 is 0 Å². The Morgan fingerprint density at radius 1 is 1.13 bits per heavy atom. The van der Waals surface area contributed by atoms with Crippen LogP contribution in [0.3, 0.4) is 0 Å². The predicted molar refractivity (Wildman–Crippen MR) is 107 cm³/mol. The largest absolute Gasteiger partial charge is 0.330 e. The second-order valence-electron chi connectivity index (χ2n) is 9.23. The highest BCUT2D eigenvalue weighted by Gasteiger charge is 2.67. The second kappa shape index (κ2) is 6.72. The smallest absolute Gasteiger partial charge is 0.262 e. The molecule has 0 aromatic heterocycles. The highest BCUT2D eigenvalue weighted by molar-refractivity contribution is 6.23. The molecular formula is C22H26N4O4. The van der Waals surface area contributed by atoms with Crippen molar-refractivity contribution in [2.24, 2.45) is 16.6 Å². The predicted octanol–water partition coefficient (Wildman–Crippen LogP) is 0.696. The second-order valence-corrected chi connectivity index (χ2v) is 9.23. The van der Waals surface area contributed by atoms with Gasteiger partial charge in [0.15, 0.2) is 0 Å². The molecule has 1 aromatic rings. The Balaban J connectivity index is 1.27. The van der Waals surface area contributed by atoms with E-state index in [1.807, 2.05) is 6.07 Å². The molecule has 158 valence electrons. The minimum Gasteiger partial charge on any atom is -0.330 e. The molecule has 8 heteroatoms. The Hall–Kier alpha value is -2.58. The molecule has 1 aromatic carbocycles. The third-order valence-electron chi connectivity index (χ3n) is 7.67. The number of imide groups is 2. The van der Waals surface area contributed by atoms with E-state index in [-0.39, 0.29) is 24.2 Å². The van der Waals surface area contributed by atoms with Crippen LogP contribution in [0, 0.1) is 10.8 Å². The van der Waals surface area contributed by atoms with E-state index < -0.39 is 23.8 Å². The molecule has 0 radical (unpaired) electrons. The molecule has 2 saturated carbocycles. The third-order valence-corrected chi connectivity index (χ3v) is 7.67. The molecule has 2 aliphatic carbocycles. The first-order valence-electron chi connectivity index (χ1n) is 10.7. The average molecular weight is 410 g/mol. The average Bonchev–Trinajstić information content (AvgIpc) is 3.33. The van der Waals surface area contributed by atoms with Crippen LogP contribution in [0.5, 0.6) is 0 Å². The van der Waals surface area contributed by atoms with Gasteiger partial charge in [-0.15, -0.1) is 0 Å². The van der Waals surface area contributed by atoms with Gasteiger partial charge in [0.2, 0.25) is 11.8 Å². The van der Waals surface area contributed by atoms with Crippen LogP contribution in [-0.2, 0) is 16.1 Å². The summed E-state index contributed by atoms with van der Waals surface area (Å²) in [5.41, 5.74) is 8.27. The summed E-state index contributed by atoms with van der Waals surface area (Å²) in [5, 5.41) is 5.70. The molecule has 4 aliphatic rings. The first-order chi connectivity index (χ1) is 14.4. The molecule has 4 amide bonds. The van der Waals surface area contributed by atoms with E-state index in [0.717, 1.165) is 17.0 Å². The van der Waals surface area contributed by atoms with Gasteiger partial charge in [-0.1, -0.05) is 12.5 Å². The summed E-state index contributed by atoms with van der Waals surface area (Å²) < 4.78 is 0. The van der Waals surface area contributed by atoms with Crippen LogP contribution in [0.15, 0.2) is 18.2 Å². The van der Waals surface area contributed by atoms with E-state index in [2.05, 4.69) is 10.6 Å². The molecule has 2 unspecified atom stereocenters. The van der Waals surface area contributed by atoms with Crippen LogP contribution < -0.4 is 16.4 Å². The van der Waals surface area contributed by atoms with Crippen molar-refractivity contribution in [3.05, 3.63) is 34.9 Å². The highest BCUT2D eigenvalue weighted by Crippen LogP contribution is 2.73. The van der Waals surface area contributed by atoms with Crippen LogP contribution in [-0.4, -0.2) is 47.7 Å². The van der Waals surface area contributed by atoms with Crippen molar-refractivity contribution in [1.29, 1.82) is 0 Å². The Labute approximate surface area is 174 Å². The summed E-state index contributed by atoms with van der Waals surface area (Å²) >= 11 is 0. The van der Waals surface area contributed by atoms with E-state index in [9.17, 15) is 19.2 Å². The van der Waals surface area contributed by atoms with Gasteiger partial charge >= 0.3 is 0 Å². The number of fused-ring (bicyclic) bond motifs is 1. The molecule has 4 N–H and O–H groups in total. The Morgan fingerprint density at radius 2 is 1.90 bits per heavy atom. The van der Waals surface area contributed by atoms with Gasteiger partial charge in [0.25, 0.3) is 11.8 Å². The molecule has 30 heavy (non-hydrogen) atoms. The number of nitrogens with two attached hydrogens (primary N) is 1. The zero-order valence-corrected chi connectivity index (χ0v) is 16.8. The van der Waals surface area contributed by atoms with Crippen molar-refractivity contribution in [2.75, 3.05) is 13.1 Å². The molecule has 5 rings (SSSR count). The minimum atomic E-state index is -0.936. The molecule has 3 fully saturated rings. The molecule has 2 heterocycles. The minimum absolute atomic E-state index is 0.114. The van der Waals surface area contributed by atoms with E-state index in [4.69, 9.17) is 5.73 Å². The maximum Gasteiger partial charge on any atom is 0.262 e. The number of nitrogens with zero attached hydrogens (tertiary/aromatic N) is 1. The summed E-state index contributed by atoms with van der Waals surface area (Å²) in [6.07, 6.45) is 5.32. The van der Waals surface area contributed by atoms with Gasteiger partial charge in [0.1, 0.15) is 6.04 Å². The first-order valence-corrected chi connectivity index (χ1v) is 10.7. The molecule has 2 atom stereocenters. The summed E-state index contributed by atoms with van der Waals surface area (Å²) in [6, 6.07) is 4.29. The summed E-state index contributed by atoms with van der Waals surface area (Å²) in [7, 11) is 0. The van der Waals surface area contributed by atoms with Crippen LogP contribution in [0.1, 0.15) is 64.8 Å². The van der Waals surface area contributed by atoms with Crippen molar-refractivity contribution in [1.82, 2.24) is 15.5 Å². The van der Waals surface area contributed by atoms with E-state index in [1.165, 1.54) is 25.7 Å². The maximum absolute atomic E-state index is 12.9. The number of amides is 4.